The van der Waals surface area contributed by atoms with E-state index in [4.69, 9.17) is 36.4 Å². The molecule has 0 amide bonds. The van der Waals surface area contributed by atoms with Crippen LogP contribution < -0.4 is 5.32 Å². The molecule has 0 aliphatic carbocycles. The Morgan fingerprint density at radius 2 is 1.97 bits per heavy atom. The number of rotatable bonds is 6. The van der Waals surface area contributed by atoms with E-state index in [0.717, 1.165) is 86.0 Å². The first-order valence-corrected chi connectivity index (χ1v) is 14.4. The first-order chi connectivity index (χ1) is 18.9. The van der Waals surface area contributed by atoms with E-state index in [1.54, 1.807) is 17.5 Å². The number of nitrogens with one attached hydrogen (secondary N) is 1. The summed E-state index contributed by atoms with van der Waals surface area (Å²) in [5.41, 5.74) is 8.09. The van der Waals surface area contributed by atoms with Crippen LogP contribution in [0.2, 0.25) is 5.02 Å². The van der Waals surface area contributed by atoms with Crippen LogP contribution in [0.25, 0.3) is 43.2 Å². The third kappa shape index (κ3) is 4.90. The number of nitrogens with zero attached hydrogens (tertiary/aromatic N) is 5. The van der Waals surface area contributed by atoms with Gasteiger partial charge in [-0.1, -0.05) is 23.7 Å². The van der Waals surface area contributed by atoms with Gasteiger partial charge >= 0.3 is 5.97 Å². The van der Waals surface area contributed by atoms with Gasteiger partial charge in [-0.25, -0.2) is 19.6 Å². The summed E-state index contributed by atoms with van der Waals surface area (Å²) in [6.45, 7) is 6.14. The molecule has 0 unspecified atom stereocenters. The Hall–Kier alpha value is -3.40. The lowest BCUT2D eigenvalue weighted by Crippen LogP contribution is -2.27. The Balaban J connectivity index is 1.50. The lowest BCUT2D eigenvalue weighted by Gasteiger charge is -2.20. The van der Waals surface area contributed by atoms with Crippen molar-refractivity contribution in [2.75, 3.05) is 19.7 Å². The molecule has 4 heterocycles. The summed E-state index contributed by atoms with van der Waals surface area (Å²) in [4.78, 5) is 27.4. The molecule has 5 aromatic rings. The Morgan fingerprint density at radius 3 is 2.72 bits per heavy atom. The molecule has 39 heavy (non-hydrogen) atoms. The minimum absolute atomic E-state index is 0.182. The van der Waals surface area contributed by atoms with Gasteiger partial charge in [0, 0.05) is 23.6 Å². The lowest BCUT2D eigenvalue weighted by atomic mass is 9.93. The van der Waals surface area contributed by atoms with E-state index in [9.17, 15) is 4.79 Å². The fraction of sp³-hybridized carbons (Fsp3) is 0.345. The minimum atomic E-state index is -0.252. The van der Waals surface area contributed by atoms with Gasteiger partial charge in [0.1, 0.15) is 16.2 Å². The van der Waals surface area contributed by atoms with E-state index >= 15 is 0 Å². The number of benzene rings is 2. The fourth-order valence-electron chi connectivity index (χ4n) is 5.37. The monoisotopic (exact) mass is 560 g/mol. The van der Waals surface area contributed by atoms with E-state index in [1.165, 1.54) is 0 Å². The van der Waals surface area contributed by atoms with Crippen LogP contribution in [0.3, 0.4) is 0 Å². The Labute approximate surface area is 235 Å². The highest BCUT2D eigenvalue weighted by atomic mass is 35.5. The van der Waals surface area contributed by atoms with Crippen molar-refractivity contribution in [2.24, 2.45) is 7.05 Å². The molecule has 0 saturated carbocycles. The molecule has 0 spiro atoms. The highest BCUT2D eigenvalue weighted by molar-refractivity contribution is 7.22. The molecule has 3 aromatic heterocycles. The highest BCUT2D eigenvalue weighted by Crippen LogP contribution is 2.41. The third-order valence-corrected chi connectivity index (χ3v) is 8.64. The second-order valence-corrected chi connectivity index (χ2v) is 11.3. The summed E-state index contributed by atoms with van der Waals surface area (Å²) >= 11 is 7.77. The number of hydrogen-bond acceptors (Lipinski definition) is 8. The number of ether oxygens (including phenoxy) is 1. The second-order valence-electron chi connectivity index (χ2n) is 9.86. The van der Waals surface area contributed by atoms with Crippen molar-refractivity contribution in [3.8, 4) is 21.8 Å². The van der Waals surface area contributed by atoms with Crippen LogP contribution >= 0.6 is 22.9 Å². The summed E-state index contributed by atoms with van der Waals surface area (Å²) in [6, 6.07) is 9.74. The Bertz CT molecular complexity index is 1690. The maximum Gasteiger partial charge on any atom is 0.310 e. The number of carbonyl (C=O) groups excluding carboxylic acids is 1. The predicted molar refractivity (Wildman–Crippen MR) is 155 cm³/mol. The maximum atomic E-state index is 12.6. The molecule has 6 rings (SSSR count). The number of esters is 1. The average Bonchev–Trinajstić information content (AvgIpc) is 3.51. The minimum Gasteiger partial charge on any atom is -0.466 e. The van der Waals surface area contributed by atoms with Gasteiger partial charge in [0.15, 0.2) is 5.65 Å². The Morgan fingerprint density at radius 1 is 1.21 bits per heavy atom. The number of carbonyl (C=O) groups is 1. The normalized spacial score (nSPS) is 14.4. The fourth-order valence-corrected chi connectivity index (χ4v) is 6.59. The number of piperidine rings is 1. The molecule has 1 saturated heterocycles. The number of thiazole rings is 1. The van der Waals surface area contributed by atoms with Crippen molar-refractivity contribution in [2.45, 2.75) is 39.0 Å². The van der Waals surface area contributed by atoms with E-state index in [1.807, 2.05) is 55.9 Å². The van der Waals surface area contributed by atoms with Crippen molar-refractivity contribution in [1.82, 2.24) is 30.0 Å². The van der Waals surface area contributed by atoms with Gasteiger partial charge in [-0.15, -0.1) is 11.3 Å². The molecule has 1 N–H and O–H groups in total. The number of halogens is 1. The van der Waals surface area contributed by atoms with Crippen LogP contribution in [0, 0.1) is 6.92 Å². The smallest absolute Gasteiger partial charge is 0.310 e. The molecular weight excluding hydrogens is 532 g/mol. The van der Waals surface area contributed by atoms with Crippen LogP contribution in [-0.2, 0) is 23.0 Å². The van der Waals surface area contributed by atoms with Crippen molar-refractivity contribution < 1.29 is 9.53 Å². The molecule has 1 aliphatic rings. The van der Waals surface area contributed by atoms with Gasteiger partial charge in [0.25, 0.3) is 0 Å². The molecule has 0 bridgehead atoms. The van der Waals surface area contributed by atoms with E-state index in [0.29, 0.717) is 17.5 Å². The van der Waals surface area contributed by atoms with Crippen LogP contribution in [0.4, 0.5) is 0 Å². The largest absolute Gasteiger partial charge is 0.466 e. The number of hydrogen-bond donors (Lipinski definition) is 1. The van der Waals surface area contributed by atoms with Gasteiger partial charge < -0.3 is 10.1 Å². The summed E-state index contributed by atoms with van der Waals surface area (Å²) in [5.74, 6) is 0.109. The molecule has 0 radical (unpaired) electrons. The summed E-state index contributed by atoms with van der Waals surface area (Å²) < 4.78 is 8.11. The van der Waals surface area contributed by atoms with Crippen LogP contribution in [0.5, 0.6) is 0 Å². The molecule has 1 fully saturated rings. The van der Waals surface area contributed by atoms with Crippen molar-refractivity contribution in [1.29, 1.82) is 0 Å². The zero-order valence-electron chi connectivity index (χ0n) is 22.1. The van der Waals surface area contributed by atoms with E-state index in [-0.39, 0.29) is 12.4 Å². The zero-order valence-corrected chi connectivity index (χ0v) is 23.7. The van der Waals surface area contributed by atoms with Gasteiger partial charge in [-0.2, -0.15) is 5.10 Å². The maximum absolute atomic E-state index is 12.6. The van der Waals surface area contributed by atoms with Crippen molar-refractivity contribution in [3.63, 3.8) is 0 Å². The molecule has 1 aliphatic heterocycles. The molecule has 0 atom stereocenters. The SMILES string of the molecule is CCOC(=O)Cc1c(C)cc2nc(-c3cnc4c(n3)c(C3CCNCC3)nn4C)sc2c1-c1ccc(Cl)cc1. The lowest BCUT2D eigenvalue weighted by molar-refractivity contribution is -0.142. The number of aromatic nitrogens is 5. The van der Waals surface area contributed by atoms with Gasteiger partial charge in [0.2, 0.25) is 0 Å². The molecular formula is C29H29ClN6O2S. The Kier molecular flexibility index (Phi) is 7.05. The summed E-state index contributed by atoms with van der Waals surface area (Å²) in [6.07, 6.45) is 4.03. The van der Waals surface area contributed by atoms with Crippen LogP contribution in [0.1, 0.15) is 42.5 Å². The van der Waals surface area contributed by atoms with E-state index in [2.05, 4.69) is 5.32 Å². The first-order valence-electron chi connectivity index (χ1n) is 13.2. The molecule has 200 valence electrons. The molecule has 10 heteroatoms. The molecule has 2 aromatic carbocycles. The van der Waals surface area contributed by atoms with Crippen LogP contribution in [-0.4, -0.2) is 50.4 Å². The van der Waals surface area contributed by atoms with Gasteiger partial charge in [-0.05, 0) is 74.7 Å². The molecule has 8 nitrogen and oxygen atoms in total. The standard InChI is InChI=1S/C29H29ClN6O2S/c1-4-38-23(37)14-20-16(2)13-21-27(24(20)17-5-7-19(30)8-6-17)39-29(34-21)22-15-32-28-26(33-22)25(35-36(28)3)18-9-11-31-12-10-18/h5-8,13,15,18,31H,4,9-12,14H2,1-3H3. The number of fused-ring (bicyclic) bond motifs is 2. The average molecular weight is 561 g/mol. The predicted octanol–water partition coefficient (Wildman–Crippen LogP) is 5.84. The third-order valence-electron chi connectivity index (χ3n) is 7.28. The van der Waals surface area contributed by atoms with Gasteiger partial charge in [0.05, 0.1) is 35.1 Å². The highest BCUT2D eigenvalue weighted by Gasteiger charge is 2.25. The summed E-state index contributed by atoms with van der Waals surface area (Å²) in [7, 11) is 1.92. The topological polar surface area (TPSA) is 94.8 Å². The van der Waals surface area contributed by atoms with Crippen molar-refractivity contribution in [3.05, 3.63) is 58.4 Å². The second kappa shape index (κ2) is 10.6. The van der Waals surface area contributed by atoms with Crippen molar-refractivity contribution >= 4 is 50.3 Å². The quantitative estimate of drug-likeness (QED) is 0.261. The number of aryl methyl sites for hydroxylation is 2. The van der Waals surface area contributed by atoms with Crippen LogP contribution in [0.15, 0.2) is 36.5 Å². The van der Waals surface area contributed by atoms with Gasteiger partial charge in [-0.3, -0.25) is 4.79 Å². The van der Waals surface area contributed by atoms with E-state index < -0.39 is 0 Å². The summed E-state index contributed by atoms with van der Waals surface area (Å²) in [5, 5.41) is 9.67. The first kappa shape index (κ1) is 25.9. The zero-order chi connectivity index (χ0) is 27.1.